The van der Waals surface area contributed by atoms with Crippen molar-refractivity contribution >= 4 is 12.0 Å². The molecule has 0 aromatic rings. The number of nitrogens with one attached hydrogen (secondary N) is 1. The number of rotatable bonds is 6. The van der Waals surface area contributed by atoms with Crippen LogP contribution < -0.4 is 5.32 Å². The Morgan fingerprint density at radius 2 is 2.16 bits per heavy atom. The summed E-state index contributed by atoms with van der Waals surface area (Å²) in [6.45, 7) is 5.27. The van der Waals surface area contributed by atoms with Gasteiger partial charge in [0.15, 0.2) is 6.10 Å². The molecule has 6 heteroatoms. The van der Waals surface area contributed by atoms with Crippen LogP contribution in [0.3, 0.4) is 0 Å². The summed E-state index contributed by atoms with van der Waals surface area (Å²) in [5.74, 6) is -0.461. The maximum absolute atomic E-state index is 11.8. The van der Waals surface area contributed by atoms with E-state index in [1.165, 1.54) is 0 Å². The molecule has 0 aromatic carbocycles. The van der Waals surface area contributed by atoms with Gasteiger partial charge in [0.25, 0.3) is 0 Å². The molecule has 1 aliphatic heterocycles. The number of carbonyl (C=O) groups is 2. The summed E-state index contributed by atoms with van der Waals surface area (Å²) in [7, 11) is 1.76. The standard InChI is InChI=1S/C13H24N2O4/c1-4-9(2)8-15(3)13(18)14-7-10-5-6-11(19-10)12(16)17/h9-11H,4-8H2,1-3H3,(H,14,18)(H,16,17). The van der Waals surface area contributed by atoms with E-state index in [0.29, 0.717) is 31.8 Å². The second-order valence-corrected chi connectivity index (χ2v) is 5.24. The van der Waals surface area contributed by atoms with Crippen LogP contribution >= 0.6 is 0 Å². The van der Waals surface area contributed by atoms with Crippen molar-refractivity contribution in [3.8, 4) is 0 Å². The van der Waals surface area contributed by atoms with Crippen LogP contribution in [0, 0.1) is 5.92 Å². The number of hydrogen-bond acceptors (Lipinski definition) is 3. The first-order valence-corrected chi connectivity index (χ1v) is 6.81. The zero-order valence-electron chi connectivity index (χ0n) is 11.9. The smallest absolute Gasteiger partial charge is 0.332 e. The highest BCUT2D eigenvalue weighted by atomic mass is 16.5. The highest BCUT2D eigenvalue weighted by molar-refractivity contribution is 5.74. The van der Waals surface area contributed by atoms with Crippen LogP contribution in [0.15, 0.2) is 0 Å². The number of carbonyl (C=O) groups excluding carboxylic acids is 1. The fraction of sp³-hybridized carbons (Fsp3) is 0.846. The summed E-state index contributed by atoms with van der Waals surface area (Å²) in [5.41, 5.74) is 0. The molecule has 2 amide bonds. The Hall–Kier alpha value is -1.30. The predicted octanol–water partition coefficient (Wildman–Crippen LogP) is 1.31. The molecule has 2 N–H and O–H groups in total. The molecular formula is C13H24N2O4. The molecular weight excluding hydrogens is 248 g/mol. The van der Waals surface area contributed by atoms with Crippen molar-refractivity contribution in [3.63, 3.8) is 0 Å². The van der Waals surface area contributed by atoms with Gasteiger partial charge in [-0.3, -0.25) is 0 Å². The van der Waals surface area contributed by atoms with E-state index in [0.717, 1.165) is 6.42 Å². The molecule has 0 aliphatic carbocycles. The van der Waals surface area contributed by atoms with Gasteiger partial charge in [0.2, 0.25) is 0 Å². The van der Waals surface area contributed by atoms with Crippen molar-refractivity contribution in [3.05, 3.63) is 0 Å². The SMILES string of the molecule is CCC(C)CN(C)C(=O)NCC1CCC(C(=O)O)O1. The van der Waals surface area contributed by atoms with E-state index >= 15 is 0 Å². The third-order valence-corrected chi connectivity index (χ3v) is 3.49. The van der Waals surface area contributed by atoms with Crippen LogP contribution in [0.2, 0.25) is 0 Å². The van der Waals surface area contributed by atoms with Crippen molar-refractivity contribution in [1.82, 2.24) is 10.2 Å². The van der Waals surface area contributed by atoms with Gasteiger partial charge in [0.1, 0.15) is 0 Å². The summed E-state index contributed by atoms with van der Waals surface area (Å²) < 4.78 is 5.32. The summed E-state index contributed by atoms with van der Waals surface area (Å²) in [4.78, 5) is 24.2. The lowest BCUT2D eigenvalue weighted by molar-refractivity contribution is -0.149. The van der Waals surface area contributed by atoms with Crippen LogP contribution in [0.4, 0.5) is 4.79 Å². The van der Waals surface area contributed by atoms with Crippen molar-refractivity contribution in [2.45, 2.75) is 45.3 Å². The number of urea groups is 1. The second-order valence-electron chi connectivity index (χ2n) is 5.24. The van der Waals surface area contributed by atoms with Gasteiger partial charge in [-0.1, -0.05) is 20.3 Å². The molecule has 19 heavy (non-hydrogen) atoms. The highest BCUT2D eigenvalue weighted by Crippen LogP contribution is 2.19. The summed E-state index contributed by atoms with van der Waals surface area (Å²) >= 11 is 0. The fourth-order valence-corrected chi connectivity index (χ4v) is 2.05. The fourth-order valence-electron chi connectivity index (χ4n) is 2.05. The first-order chi connectivity index (χ1) is 8.93. The van der Waals surface area contributed by atoms with Gasteiger partial charge in [0.05, 0.1) is 6.10 Å². The number of carboxylic acid groups (broad SMARTS) is 1. The Labute approximate surface area is 114 Å². The molecule has 1 heterocycles. The van der Waals surface area contributed by atoms with Crippen molar-refractivity contribution in [2.24, 2.45) is 5.92 Å². The summed E-state index contributed by atoms with van der Waals surface area (Å²) in [5, 5.41) is 11.6. The molecule has 3 atom stereocenters. The molecule has 1 rings (SSSR count). The highest BCUT2D eigenvalue weighted by Gasteiger charge is 2.30. The van der Waals surface area contributed by atoms with E-state index in [4.69, 9.17) is 9.84 Å². The van der Waals surface area contributed by atoms with Crippen LogP contribution in [-0.4, -0.2) is 54.4 Å². The quantitative estimate of drug-likeness (QED) is 0.764. The van der Waals surface area contributed by atoms with Gasteiger partial charge in [0, 0.05) is 20.1 Å². The molecule has 1 fully saturated rings. The molecule has 0 spiro atoms. The Bertz CT molecular complexity index is 322. The van der Waals surface area contributed by atoms with Gasteiger partial charge in [-0.2, -0.15) is 0 Å². The molecule has 110 valence electrons. The Kier molecular flexibility index (Phi) is 6.08. The zero-order chi connectivity index (χ0) is 14.4. The van der Waals surface area contributed by atoms with Gasteiger partial charge in [-0.15, -0.1) is 0 Å². The minimum Gasteiger partial charge on any atom is -0.479 e. The molecule has 0 radical (unpaired) electrons. The van der Waals surface area contributed by atoms with Crippen LogP contribution in [-0.2, 0) is 9.53 Å². The van der Waals surface area contributed by atoms with E-state index in [9.17, 15) is 9.59 Å². The van der Waals surface area contributed by atoms with Gasteiger partial charge >= 0.3 is 12.0 Å². The van der Waals surface area contributed by atoms with Crippen molar-refractivity contribution in [2.75, 3.05) is 20.1 Å². The first-order valence-electron chi connectivity index (χ1n) is 6.81. The predicted molar refractivity (Wildman–Crippen MR) is 71.0 cm³/mol. The monoisotopic (exact) mass is 272 g/mol. The molecule has 3 unspecified atom stereocenters. The average Bonchev–Trinajstić information content (AvgIpc) is 2.84. The molecule has 0 bridgehead atoms. The third-order valence-electron chi connectivity index (χ3n) is 3.49. The van der Waals surface area contributed by atoms with E-state index in [-0.39, 0.29) is 12.1 Å². The summed E-state index contributed by atoms with van der Waals surface area (Å²) in [6.07, 6.45) is 1.30. The largest absolute Gasteiger partial charge is 0.479 e. The van der Waals surface area contributed by atoms with Crippen LogP contribution in [0.1, 0.15) is 33.1 Å². The van der Waals surface area contributed by atoms with Crippen LogP contribution in [0.25, 0.3) is 0 Å². The number of amides is 2. The lowest BCUT2D eigenvalue weighted by atomic mass is 10.1. The second kappa shape index (κ2) is 7.33. The number of hydrogen-bond donors (Lipinski definition) is 2. The van der Waals surface area contributed by atoms with Gasteiger partial charge < -0.3 is 20.1 Å². The van der Waals surface area contributed by atoms with Gasteiger partial charge in [-0.25, -0.2) is 9.59 Å². The lowest BCUT2D eigenvalue weighted by Gasteiger charge is -2.22. The number of nitrogens with zero attached hydrogens (tertiary/aromatic N) is 1. The molecule has 1 saturated heterocycles. The van der Waals surface area contributed by atoms with Gasteiger partial charge in [-0.05, 0) is 18.8 Å². The minimum atomic E-state index is -0.928. The average molecular weight is 272 g/mol. The Balaban J connectivity index is 2.25. The van der Waals surface area contributed by atoms with E-state index in [1.54, 1.807) is 11.9 Å². The maximum Gasteiger partial charge on any atom is 0.332 e. The molecule has 1 aliphatic rings. The number of carboxylic acids is 1. The Morgan fingerprint density at radius 3 is 2.68 bits per heavy atom. The molecule has 6 nitrogen and oxygen atoms in total. The normalized spacial score (nSPS) is 23.9. The third kappa shape index (κ3) is 5.06. The lowest BCUT2D eigenvalue weighted by Crippen LogP contribution is -2.42. The molecule has 0 aromatic heterocycles. The Morgan fingerprint density at radius 1 is 1.47 bits per heavy atom. The number of ether oxygens (including phenoxy) is 1. The van der Waals surface area contributed by atoms with E-state index < -0.39 is 12.1 Å². The first kappa shape index (κ1) is 15.8. The van der Waals surface area contributed by atoms with Crippen LogP contribution in [0.5, 0.6) is 0 Å². The van der Waals surface area contributed by atoms with Crippen molar-refractivity contribution in [1.29, 1.82) is 0 Å². The van der Waals surface area contributed by atoms with Crippen molar-refractivity contribution < 1.29 is 19.4 Å². The van der Waals surface area contributed by atoms with E-state index in [1.807, 2.05) is 0 Å². The van der Waals surface area contributed by atoms with E-state index in [2.05, 4.69) is 19.2 Å². The summed E-state index contributed by atoms with van der Waals surface area (Å²) in [6, 6.07) is -0.136. The zero-order valence-corrected chi connectivity index (χ0v) is 11.9. The maximum atomic E-state index is 11.8. The molecule has 0 saturated carbocycles. The number of aliphatic carboxylic acids is 1. The minimum absolute atomic E-state index is 0.136. The topological polar surface area (TPSA) is 78.9 Å².